The quantitative estimate of drug-likeness (QED) is 0.346. The van der Waals surface area contributed by atoms with E-state index >= 15 is 0 Å². The van der Waals surface area contributed by atoms with Gasteiger partial charge >= 0.3 is 11.9 Å². The molecule has 2 aliphatic rings. The van der Waals surface area contributed by atoms with Crippen LogP contribution in [0.15, 0.2) is 30.3 Å². The lowest BCUT2D eigenvalue weighted by atomic mass is 9.84. The van der Waals surface area contributed by atoms with Crippen LogP contribution in [0, 0.1) is 5.92 Å². The zero-order valence-corrected chi connectivity index (χ0v) is 21.6. The van der Waals surface area contributed by atoms with Crippen molar-refractivity contribution < 1.29 is 24.2 Å². The molecule has 1 saturated heterocycles. The smallest absolute Gasteiger partial charge is 0.326 e. The average molecular weight is 513 g/mol. The van der Waals surface area contributed by atoms with Crippen molar-refractivity contribution >= 4 is 42.0 Å². The first-order valence-corrected chi connectivity index (χ1v) is 13.2. The van der Waals surface area contributed by atoms with E-state index in [2.05, 4.69) is 17.4 Å². The van der Waals surface area contributed by atoms with E-state index in [4.69, 9.17) is 4.74 Å². The maximum Gasteiger partial charge on any atom is 0.326 e. The normalized spacial score (nSPS) is 23.4. The number of benzene rings is 1. The van der Waals surface area contributed by atoms with Crippen LogP contribution in [0.5, 0.6) is 0 Å². The van der Waals surface area contributed by atoms with E-state index in [1.54, 1.807) is 30.5 Å². The molecule has 1 aromatic rings. The van der Waals surface area contributed by atoms with Crippen molar-refractivity contribution in [3.8, 4) is 0 Å². The van der Waals surface area contributed by atoms with E-state index in [0.717, 1.165) is 37.9 Å². The van der Waals surface area contributed by atoms with Crippen LogP contribution in [0.2, 0.25) is 0 Å². The first-order chi connectivity index (χ1) is 15.9. The van der Waals surface area contributed by atoms with Gasteiger partial charge in [0.05, 0.1) is 12.6 Å². The molecule has 7 nitrogen and oxygen atoms in total. The van der Waals surface area contributed by atoms with Gasteiger partial charge in [-0.1, -0.05) is 43.2 Å². The maximum absolute atomic E-state index is 13.4. The standard InChI is InChI=1S/C25H36N2O5S.ClH/c1-3-32-25(31)20(16-33-14-13-18-9-5-4-6-10-18)26-17(2)23(28)27-21-12-8-7-11-19(21)15-22(27)24(29)30;/h4-6,9-10,17,19-22,26H,3,7-8,11-16H2,1-2H3,(H,29,30);1H/t17-,19+,20-,21+,22-;/m0./s1. The number of nitrogens with one attached hydrogen (secondary N) is 1. The lowest BCUT2D eigenvalue weighted by Crippen LogP contribution is -2.56. The molecule has 5 atom stereocenters. The summed E-state index contributed by atoms with van der Waals surface area (Å²) in [4.78, 5) is 39.4. The van der Waals surface area contributed by atoms with Crippen LogP contribution in [0.4, 0.5) is 0 Å². The van der Waals surface area contributed by atoms with Crippen LogP contribution in [0.1, 0.15) is 51.5 Å². The fourth-order valence-electron chi connectivity index (χ4n) is 5.06. The van der Waals surface area contributed by atoms with Crippen molar-refractivity contribution in [3.05, 3.63) is 35.9 Å². The molecule has 3 rings (SSSR count). The molecule has 0 spiro atoms. The third kappa shape index (κ3) is 7.36. The van der Waals surface area contributed by atoms with E-state index in [0.29, 0.717) is 12.2 Å². The summed E-state index contributed by atoms with van der Waals surface area (Å²) in [5.41, 5.74) is 1.24. The number of aliphatic carboxylic acids is 1. The number of ether oxygens (including phenoxy) is 1. The molecule has 1 heterocycles. The van der Waals surface area contributed by atoms with E-state index < -0.39 is 24.1 Å². The summed E-state index contributed by atoms with van der Waals surface area (Å²) in [6.45, 7) is 3.75. The van der Waals surface area contributed by atoms with Gasteiger partial charge in [0, 0.05) is 11.8 Å². The molecule has 1 amide bonds. The van der Waals surface area contributed by atoms with Crippen LogP contribution in [0.3, 0.4) is 0 Å². The third-order valence-electron chi connectivity index (χ3n) is 6.68. The van der Waals surface area contributed by atoms with Gasteiger partial charge in [-0.25, -0.2) is 4.79 Å². The molecule has 9 heteroatoms. The number of hydrogen-bond donors (Lipinski definition) is 2. The number of carbonyl (C=O) groups is 3. The van der Waals surface area contributed by atoms with Gasteiger partial charge in [0.2, 0.25) is 5.91 Å². The van der Waals surface area contributed by atoms with Crippen LogP contribution < -0.4 is 5.32 Å². The predicted octanol–water partition coefficient (Wildman–Crippen LogP) is 3.54. The Balaban J connectivity index is 0.00000408. The zero-order chi connectivity index (χ0) is 23.8. The highest BCUT2D eigenvalue weighted by molar-refractivity contribution is 7.99. The minimum absolute atomic E-state index is 0. The minimum Gasteiger partial charge on any atom is -0.480 e. The fourth-order valence-corrected chi connectivity index (χ4v) is 6.07. The topological polar surface area (TPSA) is 95.9 Å². The summed E-state index contributed by atoms with van der Waals surface area (Å²) in [6.07, 6.45) is 5.35. The van der Waals surface area contributed by atoms with Gasteiger partial charge in [0.25, 0.3) is 0 Å². The van der Waals surface area contributed by atoms with Gasteiger partial charge in [0.1, 0.15) is 12.1 Å². The molecule has 190 valence electrons. The maximum atomic E-state index is 13.4. The highest BCUT2D eigenvalue weighted by Crippen LogP contribution is 2.40. The second-order valence-electron chi connectivity index (χ2n) is 8.95. The number of carbonyl (C=O) groups excluding carboxylic acids is 2. The van der Waals surface area contributed by atoms with Crippen molar-refractivity contribution in [3.63, 3.8) is 0 Å². The van der Waals surface area contributed by atoms with Gasteiger partial charge in [-0.05, 0) is 56.8 Å². The number of likely N-dealkylation sites (tertiary alicyclic amines) is 1. The summed E-state index contributed by atoms with van der Waals surface area (Å²) in [5.74, 6) is 0.0312. The van der Waals surface area contributed by atoms with E-state index in [-0.39, 0.29) is 42.9 Å². The number of aryl methyl sites for hydroxylation is 1. The molecule has 1 aliphatic heterocycles. The number of halogens is 1. The molecule has 2 N–H and O–H groups in total. The largest absolute Gasteiger partial charge is 0.480 e. The molecule has 1 aliphatic carbocycles. The number of esters is 1. The number of carboxylic acid groups (broad SMARTS) is 1. The second-order valence-corrected chi connectivity index (χ2v) is 10.1. The summed E-state index contributed by atoms with van der Waals surface area (Å²) in [6, 6.07) is 8.07. The summed E-state index contributed by atoms with van der Waals surface area (Å²) < 4.78 is 5.24. The molecule has 0 bridgehead atoms. The second kappa shape index (κ2) is 14.0. The lowest BCUT2D eigenvalue weighted by molar-refractivity contribution is -0.151. The predicted molar refractivity (Wildman–Crippen MR) is 136 cm³/mol. The van der Waals surface area contributed by atoms with Crippen molar-refractivity contribution in [2.75, 3.05) is 18.1 Å². The number of thioether (sulfide) groups is 1. The van der Waals surface area contributed by atoms with E-state index in [1.807, 2.05) is 18.2 Å². The highest BCUT2D eigenvalue weighted by atomic mass is 35.5. The van der Waals surface area contributed by atoms with Crippen molar-refractivity contribution in [2.45, 2.75) is 76.5 Å². The summed E-state index contributed by atoms with van der Waals surface area (Å²) >= 11 is 1.64. The number of nitrogens with zero attached hydrogens (tertiary/aromatic N) is 1. The van der Waals surface area contributed by atoms with Crippen molar-refractivity contribution in [1.82, 2.24) is 10.2 Å². The Morgan fingerprint density at radius 1 is 1.21 bits per heavy atom. The van der Waals surface area contributed by atoms with Crippen LogP contribution in [-0.4, -0.2) is 70.1 Å². The van der Waals surface area contributed by atoms with E-state index in [9.17, 15) is 19.5 Å². The number of hydrogen-bond acceptors (Lipinski definition) is 6. The lowest BCUT2D eigenvalue weighted by Gasteiger charge is -2.35. The van der Waals surface area contributed by atoms with Crippen molar-refractivity contribution in [2.24, 2.45) is 5.92 Å². The molecule has 2 fully saturated rings. The average Bonchev–Trinajstić information content (AvgIpc) is 3.21. The molecule has 1 saturated carbocycles. The molecular weight excluding hydrogens is 476 g/mol. The Bertz CT molecular complexity index is 812. The van der Waals surface area contributed by atoms with Crippen molar-refractivity contribution in [1.29, 1.82) is 0 Å². The van der Waals surface area contributed by atoms with Gasteiger partial charge in [-0.15, -0.1) is 12.4 Å². The number of fused-ring (bicyclic) bond motifs is 1. The van der Waals surface area contributed by atoms with Crippen LogP contribution >= 0.6 is 24.2 Å². The minimum atomic E-state index is -0.941. The molecular formula is C25H37ClN2O5S. The first-order valence-electron chi connectivity index (χ1n) is 12.0. The SMILES string of the molecule is CCOC(=O)[C@H](CSCCc1ccccc1)N[C@@H](C)C(=O)N1[C@@H]2CCCC[C@@H]2C[C@H]1C(=O)O.Cl. The zero-order valence-electron chi connectivity index (χ0n) is 20.0. The Hall–Kier alpha value is -1.77. The number of rotatable bonds is 11. The Morgan fingerprint density at radius 3 is 2.59 bits per heavy atom. The van der Waals surface area contributed by atoms with Gasteiger partial charge < -0.3 is 14.7 Å². The third-order valence-corrected chi connectivity index (χ3v) is 7.74. The molecule has 0 unspecified atom stereocenters. The Morgan fingerprint density at radius 2 is 1.91 bits per heavy atom. The number of carboxylic acids is 1. The summed E-state index contributed by atoms with van der Waals surface area (Å²) in [5, 5.41) is 12.9. The summed E-state index contributed by atoms with van der Waals surface area (Å²) in [7, 11) is 0. The molecule has 34 heavy (non-hydrogen) atoms. The van der Waals surface area contributed by atoms with Gasteiger partial charge in [-0.2, -0.15) is 11.8 Å². The number of amides is 1. The van der Waals surface area contributed by atoms with Gasteiger partial charge in [0.15, 0.2) is 0 Å². The van der Waals surface area contributed by atoms with Gasteiger partial charge in [-0.3, -0.25) is 14.9 Å². The van der Waals surface area contributed by atoms with E-state index in [1.165, 1.54) is 5.56 Å². The molecule has 0 radical (unpaired) electrons. The first kappa shape index (κ1) is 28.5. The fraction of sp³-hybridized carbons (Fsp3) is 0.640. The Labute approximate surface area is 212 Å². The Kier molecular flexibility index (Phi) is 11.7. The van der Waals surface area contributed by atoms with Crippen LogP contribution in [0.25, 0.3) is 0 Å². The van der Waals surface area contributed by atoms with Crippen LogP contribution in [-0.2, 0) is 25.5 Å². The molecule has 0 aromatic heterocycles. The monoisotopic (exact) mass is 512 g/mol. The molecule has 1 aromatic carbocycles. The highest BCUT2D eigenvalue weighted by Gasteiger charge is 2.48.